The molecule has 0 unspecified atom stereocenters. The summed E-state index contributed by atoms with van der Waals surface area (Å²) in [6, 6.07) is 5.70. The molecule has 3 aromatic heterocycles. The van der Waals surface area contributed by atoms with Crippen molar-refractivity contribution in [2.45, 2.75) is 19.9 Å². The summed E-state index contributed by atoms with van der Waals surface area (Å²) in [5.74, 6) is 0.540. The molecule has 1 saturated heterocycles. The lowest BCUT2D eigenvalue weighted by molar-refractivity contribution is -0.119. The molecule has 38 heavy (non-hydrogen) atoms. The van der Waals surface area contributed by atoms with Crippen molar-refractivity contribution in [1.82, 2.24) is 28.6 Å². The average molecular weight is 542 g/mol. The number of carbonyl (C=O) groups excluding carboxylic acids is 1. The van der Waals surface area contributed by atoms with Crippen molar-refractivity contribution in [1.29, 1.82) is 0 Å². The van der Waals surface area contributed by atoms with Crippen molar-refractivity contribution < 1.29 is 14.3 Å². The molecule has 4 aromatic rings. The van der Waals surface area contributed by atoms with E-state index in [2.05, 4.69) is 9.88 Å². The van der Waals surface area contributed by atoms with E-state index in [1.165, 1.54) is 33.8 Å². The van der Waals surface area contributed by atoms with E-state index in [1.807, 2.05) is 25.1 Å². The van der Waals surface area contributed by atoms with Crippen molar-refractivity contribution in [2.24, 2.45) is 14.1 Å². The topological polar surface area (TPSA) is 117 Å². The normalized spacial score (nSPS) is 14.4. The van der Waals surface area contributed by atoms with Gasteiger partial charge in [0.1, 0.15) is 12.3 Å². The van der Waals surface area contributed by atoms with Crippen LogP contribution >= 0.6 is 11.3 Å². The Morgan fingerprint density at radius 1 is 1.18 bits per heavy atom. The number of ether oxygens (including phenoxy) is 2. The van der Waals surface area contributed by atoms with Crippen molar-refractivity contribution in [2.75, 3.05) is 50.9 Å². The molecular formula is C25H31N7O5S. The number of thiazole rings is 1. The number of hydrogen-bond acceptors (Lipinski definition) is 9. The van der Waals surface area contributed by atoms with Gasteiger partial charge in [-0.05, 0) is 31.5 Å². The van der Waals surface area contributed by atoms with Gasteiger partial charge in [-0.1, -0.05) is 11.3 Å². The van der Waals surface area contributed by atoms with Crippen LogP contribution in [0.4, 0.5) is 5.13 Å². The van der Waals surface area contributed by atoms with Gasteiger partial charge >= 0.3 is 5.69 Å². The number of benzene rings is 1. The Labute approximate surface area is 222 Å². The molecule has 12 nitrogen and oxygen atoms in total. The number of imidazole rings is 1. The zero-order valence-electron chi connectivity index (χ0n) is 21.8. The first-order chi connectivity index (χ1) is 18.4. The van der Waals surface area contributed by atoms with Crippen molar-refractivity contribution in [3.8, 4) is 5.75 Å². The average Bonchev–Trinajstić information content (AvgIpc) is 3.53. The zero-order chi connectivity index (χ0) is 26.8. The van der Waals surface area contributed by atoms with E-state index in [0.29, 0.717) is 31.5 Å². The fourth-order valence-corrected chi connectivity index (χ4v) is 5.65. The number of aromatic nitrogens is 5. The largest absolute Gasteiger partial charge is 0.494 e. The second-order valence-electron chi connectivity index (χ2n) is 9.16. The van der Waals surface area contributed by atoms with Crippen LogP contribution in [-0.2, 0) is 30.2 Å². The number of carbonyl (C=O) groups is 1. The molecule has 202 valence electrons. The molecular weight excluding hydrogens is 510 g/mol. The highest BCUT2D eigenvalue weighted by Crippen LogP contribution is 2.32. The third kappa shape index (κ3) is 5.08. The van der Waals surface area contributed by atoms with Gasteiger partial charge in [0.05, 0.1) is 36.4 Å². The number of hydrogen-bond donors (Lipinski definition) is 0. The predicted octanol–water partition coefficient (Wildman–Crippen LogP) is 1.20. The Kier molecular flexibility index (Phi) is 7.58. The fourth-order valence-electron chi connectivity index (χ4n) is 4.62. The SMILES string of the molecule is CCOc1ccc2nc(N(CCCN3CCOCC3)C(=O)Cn3cnc4c3c(=O)n(C)c(=O)n4C)sc2c1. The molecule has 1 aliphatic rings. The van der Waals surface area contributed by atoms with E-state index in [-0.39, 0.29) is 23.6 Å². The molecule has 0 bridgehead atoms. The van der Waals surface area contributed by atoms with Crippen LogP contribution in [0.5, 0.6) is 5.75 Å². The van der Waals surface area contributed by atoms with E-state index in [4.69, 9.17) is 14.5 Å². The second-order valence-corrected chi connectivity index (χ2v) is 10.2. The van der Waals surface area contributed by atoms with Gasteiger partial charge in [-0.3, -0.25) is 28.5 Å². The molecule has 0 atom stereocenters. The van der Waals surface area contributed by atoms with Gasteiger partial charge in [0.2, 0.25) is 5.91 Å². The van der Waals surface area contributed by atoms with Crippen molar-refractivity contribution in [3.05, 3.63) is 45.4 Å². The summed E-state index contributed by atoms with van der Waals surface area (Å²) in [7, 11) is 2.97. The van der Waals surface area contributed by atoms with Crippen LogP contribution in [0, 0.1) is 0 Å². The van der Waals surface area contributed by atoms with E-state index in [9.17, 15) is 14.4 Å². The number of rotatable bonds is 9. The highest BCUT2D eigenvalue weighted by Gasteiger charge is 2.23. The molecule has 4 heterocycles. The lowest BCUT2D eigenvalue weighted by atomic mass is 10.3. The van der Waals surface area contributed by atoms with Crippen LogP contribution in [0.25, 0.3) is 21.4 Å². The molecule has 1 aliphatic heterocycles. The quantitative estimate of drug-likeness (QED) is 0.310. The van der Waals surface area contributed by atoms with Gasteiger partial charge in [-0.25, -0.2) is 14.8 Å². The van der Waals surface area contributed by atoms with Crippen molar-refractivity contribution in [3.63, 3.8) is 0 Å². The van der Waals surface area contributed by atoms with Gasteiger partial charge in [-0.2, -0.15) is 0 Å². The number of anilines is 1. The molecule has 0 aliphatic carbocycles. The zero-order valence-corrected chi connectivity index (χ0v) is 22.6. The number of morpholine rings is 1. The van der Waals surface area contributed by atoms with E-state index in [0.717, 1.165) is 46.6 Å². The summed E-state index contributed by atoms with van der Waals surface area (Å²) in [4.78, 5) is 51.9. The van der Waals surface area contributed by atoms with Crippen molar-refractivity contribution >= 4 is 43.8 Å². The molecule has 1 amide bonds. The first kappa shape index (κ1) is 26.1. The Bertz CT molecular complexity index is 1580. The first-order valence-electron chi connectivity index (χ1n) is 12.6. The minimum atomic E-state index is -0.490. The standard InChI is InChI=1S/C25H31N7O5S/c1-4-37-17-6-7-18-19(14-17)38-24(27-18)32(9-5-8-30-10-12-36-13-11-30)20(33)15-31-16-26-22-21(31)23(34)29(3)25(35)28(22)2/h6-7,14,16H,4-5,8-13,15H2,1-3H3. The maximum Gasteiger partial charge on any atom is 0.332 e. The van der Waals surface area contributed by atoms with E-state index in [1.54, 1.807) is 11.9 Å². The summed E-state index contributed by atoms with van der Waals surface area (Å²) in [5.41, 5.74) is 0.284. The number of fused-ring (bicyclic) bond motifs is 2. The summed E-state index contributed by atoms with van der Waals surface area (Å²) >= 11 is 1.43. The Balaban J connectivity index is 1.44. The molecule has 0 radical (unpaired) electrons. The molecule has 1 aromatic carbocycles. The maximum absolute atomic E-state index is 13.7. The van der Waals surface area contributed by atoms with Gasteiger partial charge in [0, 0.05) is 40.3 Å². The van der Waals surface area contributed by atoms with Crippen LogP contribution in [0.1, 0.15) is 13.3 Å². The minimum absolute atomic E-state index is 0.110. The third-order valence-electron chi connectivity index (χ3n) is 6.67. The Hall–Kier alpha value is -3.55. The number of aryl methyl sites for hydroxylation is 1. The van der Waals surface area contributed by atoms with Gasteiger partial charge in [0.15, 0.2) is 16.3 Å². The van der Waals surface area contributed by atoms with Crippen LogP contribution in [0.3, 0.4) is 0 Å². The molecule has 0 N–H and O–H groups in total. The molecule has 1 fully saturated rings. The van der Waals surface area contributed by atoms with Gasteiger partial charge < -0.3 is 14.0 Å². The summed E-state index contributed by atoms with van der Waals surface area (Å²) in [6.07, 6.45) is 2.19. The Morgan fingerprint density at radius 3 is 2.74 bits per heavy atom. The second kappa shape index (κ2) is 11.1. The van der Waals surface area contributed by atoms with Gasteiger partial charge in [-0.15, -0.1) is 0 Å². The highest BCUT2D eigenvalue weighted by atomic mass is 32.1. The fraction of sp³-hybridized carbons (Fsp3) is 0.480. The third-order valence-corrected chi connectivity index (χ3v) is 7.72. The smallest absolute Gasteiger partial charge is 0.332 e. The maximum atomic E-state index is 13.7. The molecule has 13 heteroatoms. The monoisotopic (exact) mass is 541 g/mol. The van der Waals surface area contributed by atoms with E-state index < -0.39 is 11.2 Å². The molecule has 5 rings (SSSR count). The Morgan fingerprint density at radius 2 is 1.97 bits per heavy atom. The molecule has 0 spiro atoms. The minimum Gasteiger partial charge on any atom is -0.494 e. The van der Waals surface area contributed by atoms with Gasteiger partial charge in [0.25, 0.3) is 5.56 Å². The first-order valence-corrected chi connectivity index (χ1v) is 13.4. The van der Waals surface area contributed by atoms with Crippen LogP contribution in [-0.4, -0.2) is 80.5 Å². The predicted molar refractivity (Wildman–Crippen MR) is 145 cm³/mol. The van der Waals surface area contributed by atoms with Crippen LogP contribution < -0.4 is 20.9 Å². The number of amides is 1. The summed E-state index contributed by atoms with van der Waals surface area (Å²) in [5, 5.41) is 0.588. The highest BCUT2D eigenvalue weighted by molar-refractivity contribution is 7.22. The number of nitrogens with zero attached hydrogens (tertiary/aromatic N) is 7. The van der Waals surface area contributed by atoms with Crippen LogP contribution in [0.2, 0.25) is 0 Å². The molecule has 0 saturated carbocycles. The lowest BCUT2D eigenvalue weighted by Gasteiger charge is -2.27. The van der Waals surface area contributed by atoms with E-state index >= 15 is 0 Å². The summed E-state index contributed by atoms with van der Waals surface area (Å²) in [6.45, 7) is 6.87. The lowest BCUT2D eigenvalue weighted by Crippen LogP contribution is -2.40. The summed E-state index contributed by atoms with van der Waals surface area (Å²) < 4.78 is 15.8. The van der Waals surface area contributed by atoms with Crippen LogP contribution in [0.15, 0.2) is 34.1 Å².